The topological polar surface area (TPSA) is 54.3 Å². The van der Waals surface area contributed by atoms with E-state index < -0.39 is 0 Å². The van der Waals surface area contributed by atoms with Gasteiger partial charge in [0, 0.05) is 31.9 Å². The van der Waals surface area contributed by atoms with E-state index in [0.717, 1.165) is 37.1 Å². The minimum atomic E-state index is -0.00514. The molecule has 0 bridgehead atoms. The van der Waals surface area contributed by atoms with Crippen LogP contribution in [0.25, 0.3) is 0 Å². The number of carbonyl (C=O) groups excluding carboxylic acids is 1. The molecular formula is C18H21N3O2. The van der Waals surface area contributed by atoms with Gasteiger partial charge in [-0.25, -0.2) is 4.79 Å². The van der Waals surface area contributed by atoms with Gasteiger partial charge < -0.3 is 14.8 Å². The summed E-state index contributed by atoms with van der Waals surface area (Å²) in [5, 5.41) is 2.95. The third kappa shape index (κ3) is 4.00. The Morgan fingerprint density at radius 2 is 1.70 bits per heavy atom. The second-order valence-electron chi connectivity index (χ2n) is 5.84. The first-order valence-corrected chi connectivity index (χ1v) is 7.98. The number of likely N-dealkylation sites (tertiary alicyclic amines) is 1. The van der Waals surface area contributed by atoms with Crippen molar-refractivity contribution < 1.29 is 4.79 Å². The number of urea groups is 1. The number of aromatic nitrogens is 1. The molecule has 1 aliphatic heterocycles. The largest absolute Gasteiger partial charge is 0.334 e. The van der Waals surface area contributed by atoms with Crippen molar-refractivity contribution in [2.45, 2.75) is 25.9 Å². The van der Waals surface area contributed by atoms with Crippen LogP contribution in [0.5, 0.6) is 0 Å². The average Bonchev–Trinajstić information content (AvgIpc) is 3.11. The first kappa shape index (κ1) is 15.3. The molecule has 2 aromatic rings. The van der Waals surface area contributed by atoms with E-state index in [0.29, 0.717) is 13.1 Å². The Bertz CT molecular complexity index is 716. The molecule has 1 aromatic heterocycles. The highest BCUT2D eigenvalue weighted by Gasteiger charge is 2.16. The number of benzene rings is 1. The molecule has 3 rings (SSSR count). The van der Waals surface area contributed by atoms with Crippen molar-refractivity contribution in [2.24, 2.45) is 0 Å². The van der Waals surface area contributed by atoms with E-state index in [2.05, 4.69) is 5.32 Å². The Kier molecular flexibility index (Phi) is 4.76. The summed E-state index contributed by atoms with van der Waals surface area (Å²) in [6.07, 6.45) is 3.98. The van der Waals surface area contributed by atoms with Gasteiger partial charge in [0.15, 0.2) is 0 Å². The van der Waals surface area contributed by atoms with E-state index in [9.17, 15) is 9.59 Å². The van der Waals surface area contributed by atoms with Crippen molar-refractivity contribution in [1.29, 1.82) is 0 Å². The number of hydrogen-bond donors (Lipinski definition) is 1. The second kappa shape index (κ2) is 7.13. The van der Waals surface area contributed by atoms with Crippen molar-refractivity contribution in [2.75, 3.05) is 13.1 Å². The standard InChI is InChI=1S/C18H21N3O2/c22-17-5-1-2-12-21(17)14-16-8-6-15(7-9-16)13-19-18(23)20-10-3-4-11-20/h1-2,5-9,12H,3-4,10-11,13-14H2,(H,19,23). The normalized spacial score (nSPS) is 14.0. The van der Waals surface area contributed by atoms with Crippen LogP contribution in [0.3, 0.4) is 0 Å². The summed E-state index contributed by atoms with van der Waals surface area (Å²) in [7, 11) is 0. The number of nitrogens with zero attached hydrogens (tertiary/aromatic N) is 2. The molecule has 1 aromatic carbocycles. The second-order valence-corrected chi connectivity index (χ2v) is 5.84. The fourth-order valence-electron chi connectivity index (χ4n) is 2.76. The van der Waals surface area contributed by atoms with Gasteiger partial charge in [-0.3, -0.25) is 4.79 Å². The molecule has 1 N–H and O–H groups in total. The quantitative estimate of drug-likeness (QED) is 0.941. The zero-order valence-electron chi connectivity index (χ0n) is 13.1. The molecule has 2 heterocycles. The summed E-state index contributed by atoms with van der Waals surface area (Å²) in [5.41, 5.74) is 2.11. The summed E-state index contributed by atoms with van der Waals surface area (Å²) in [4.78, 5) is 25.5. The van der Waals surface area contributed by atoms with Gasteiger partial charge in [0.2, 0.25) is 0 Å². The highest BCUT2D eigenvalue weighted by Crippen LogP contribution is 2.09. The predicted octanol–water partition coefficient (Wildman–Crippen LogP) is 2.20. The van der Waals surface area contributed by atoms with E-state index >= 15 is 0 Å². The SMILES string of the molecule is O=C(NCc1ccc(Cn2ccccc2=O)cc1)N1CCCC1. The van der Waals surface area contributed by atoms with E-state index in [-0.39, 0.29) is 11.6 Å². The Hall–Kier alpha value is -2.56. The summed E-state index contributed by atoms with van der Waals surface area (Å²) in [6, 6.07) is 13.1. The van der Waals surface area contributed by atoms with E-state index in [1.165, 1.54) is 0 Å². The lowest BCUT2D eigenvalue weighted by molar-refractivity contribution is 0.208. The molecule has 1 fully saturated rings. The minimum absolute atomic E-state index is 0.00514. The van der Waals surface area contributed by atoms with Gasteiger partial charge in [0.25, 0.3) is 5.56 Å². The van der Waals surface area contributed by atoms with Gasteiger partial charge >= 0.3 is 6.03 Å². The fourth-order valence-corrected chi connectivity index (χ4v) is 2.76. The van der Waals surface area contributed by atoms with Crippen LogP contribution >= 0.6 is 0 Å². The molecule has 23 heavy (non-hydrogen) atoms. The van der Waals surface area contributed by atoms with Crippen molar-refractivity contribution in [3.63, 3.8) is 0 Å². The number of nitrogens with one attached hydrogen (secondary N) is 1. The molecule has 0 aliphatic carbocycles. The third-order valence-electron chi connectivity index (χ3n) is 4.11. The van der Waals surface area contributed by atoms with E-state index in [4.69, 9.17) is 0 Å². The van der Waals surface area contributed by atoms with Crippen LogP contribution in [-0.4, -0.2) is 28.6 Å². The molecule has 1 aliphatic rings. The number of amides is 2. The van der Waals surface area contributed by atoms with Gasteiger partial charge in [-0.05, 0) is 30.0 Å². The molecule has 0 spiro atoms. The smallest absolute Gasteiger partial charge is 0.317 e. The Morgan fingerprint density at radius 3 is 2.39 bits per heavy atom. The number of carbonyl (C=O) groups is 1. The lowest BCUT2D eigenvalue weighted by Crippen LogP contribution is -2.37. The summed E-state index contributed by atoms with van der Waals surface area (Å²) in [6.45, 7) is 2.80. The van der Waals surface area contributed by atoms with Gasteiger partial charge in [-0.15, -0.1) is 0 Å². The summed E-state index contributed by atoms with van der Waals surface area (Å²) < 4.78 is 1.67. The maximum absolute atomic E-state index is 11.9. The number of rotatable bonds is 4. The zero-order chi connectivity index (χ0) is 16.1. The van der Waals surface area contributed by atoms with E-state index in [1.54, 1.807) is 22.9 Å². The molecule has 5 nitrogen and oxygen atoms in total. The molecule has 0 atom stereocenters. The van der Waals surface area contributed by atoms with Crippen LogP contribution in [-0.2, 0) is 13.1 Å². The molecule has 2 amide bonds. The zero-order valence-corrected chi connectivity index (χ0v) is 13.1. The third-order valence-corrected chi connectivity index (χ3v) is 4.11. The van der Waals surface area contributed by atoms with Gasteiger partial charge in [-0.1, -0.05) is 30.3 Å². The number of hydrogen-bond acceptors (Lipinski definition) is 2. The van der Waals surface area contributed by atoms with Crippen LogP contribution in [0.2, 0.25) is 0 Å². The van der Waals surface area contributed by atoms with Crippen LogP contribution < -0.4 is 10.9 Å². The van der Waals surface area contributed by atoms with Crippen molar-refractivity contribution >= 4 is 6.03 Å². The van der Waals surface area contributed by atoms with Crippen LogP contribution in [0.15, 0.2) is 53.5 Å². The number of pyridine rings is 1. The monoisotopic (exact) mass is 311 g/mol. The molecule has 0 radical (unpaired) electrons. The maximum atomic E-state index is 11.9. The van der Waals surface area contributed by atoms with Crippen LogP contribution in [0.4, 0.5) is 4.79 Å². The van der Waals surface area contributed by atoms with Gasteiger partial charge in [0.1, 0.15) is 0 Å². The first-order valence-electron chi connectivity index (χ1n) is 7.98. The molecular weight excluding hydrogens is 290 g/mol. The van der Waals surface area contributed by atoms with Crippen molar-refractivity contribution in [3.05, 3.63) is 70.1 Å². The summed E-state index contributed by atoms with van der Waals surface area (Å²) >= 11 is 0. The minimum Gasteiger partial charge on any atom is -0.334 e. The average molecular weight is 311 g/mol. The lowest BCUT2D eigenvalue weighted by atomic mass is 10.1. The van der Waals surface area contributed by atoms with Gasteiger partial charge in [0.05, 0.1) is 6.54 Å². The molecule has 120 valence electrons. The fraction of sp³-hybridized carbons (Fsp3) is 0.333. The van der Waals surface area contributed by atoms with E-state index in [1.807, 2.05) is 35.2 Å². The Balaban J connectivity index is 1.55. The Labute approximate surface area is 135 Å². The summed E-state index contributed by atoms with van der Waals surface area (Å²) in [5.74, 6) is 0. The van der Waals surface area contributed by atoms with Crippen molar-refractivity contribution in [1.82, 2.24) is 14.8 Å². The van der Waals surface area contributed by atoms with Crippen LogP contribution in [0, 0.1) is 0 Å². The molecule has 1 saturated heterocycles. The lowest BCUT2D eigenvalue weighted by Gasteiger charge is -2.16. The molecule has 0 saturated carbocycles. The Morgan fingerprint density at radius 1 is 1.00 bits per heavy atom. The van der Waals surface area contributed by atoms with Crippen LogP contribution in [0.1, 0.15) is 24.0 Å². The van der Waals surface area contributed by atoms with Gasteiger partial charge in [-0.2, -0.15) is 0 Å². The first-order chi connectivity index (χ1) is 11.2. The maximum Gasteiger partial charge on any atom is 0.317 e. The highest BCUT2D eigenvalue weighted by atomic mass is 16.2. The highest BCUT2D eigenvalue weighted by molar-refractivity contribution is 5.74. The molecule has 0 unspecified atom stereocenters. The predicted molar refractivity (Wildman–Crippen MR) is 89.3 cm³/mol. The molecule has 5 heteroatoms. The van der Waals surface area contributed by atoms with Crippen molar-refractivity contribution in [3.8, 4) is 0 Å².